The summed E-state index contributed by atoms with van der Waals surface area (Å²) in [4.78, 5) is 28.7. The second kappa shape index (κ2) is 10.5. The zero-order valence-corrected chi connectivity index (χ0v) is 21.1. The first-order chi connectivity index (χ1) is 15.6. The first-order valence-corrected chi connectivity index (χ1v) is 11.9. The maximum absolute atomic E-state index is 12.7. The summed E-state index contributed by atoms with van der Waals surface area (Å²) in [6, 6.07) is 13.1. The summed E-state index contributed by atoms with van der Waals surface area (Å²) in [6.45, 7) is 10.9. The molecule has 2 amide bonds. The quantitative estimate of drug-likeness (QED) is 0.606. The number of carbonyl (C=O) groups excluding carboxylic acids is 2. The fraction of sp³-hybridized carbons (Fsp3) is 0.400. The van der Waals surface area contributed by atoms with Gasteiger partial charge < -0.3 is 15.1 Å². The fourth-order valence-corrected chi connectivity index (χ4v) is 4.29. The van der Waals surface area contributed by atoms with E-state index in [1.807, 2.05) is 42.2 Å². The summed E-state index contributed by atoms with van der Waals surface area (Å²) in [7, 11) is 0. The van der Waals surface area contributed by atoms with Gasteiger partial charge in [0, 0.05) is 38.2 Å². The van der Waals surface area contributed by atoms with Gasteiger partial charge in [-0.2, -0.15) is 0 Å². The minimum Gasteiger partial charge on any atom is -0.365 e. The van der Waals surface area contributed by atoms with Gasteiger partial charge in [-0.25, -0.2) is 0 Å². The zero-order chi connectivity index (χ0) is 24.2. The van der Waals surface area contributed by atoms with E-state index in [1.54, 1.807) is 12.1 Å². The third-order valence-corrected chi connectivity index (χ3v) is 6.24. The molecule has 2 aromatic rings. The Morgan fingerprint density at radius 2 is 1.67 bits per heavy atom. The molecule has 0 saturated carbocycles. The van der Waals surface area contributed by atoms with Crippen LogP contribution in [0.5, 0.6) is 0 Å². The summed E-state index contributed by atoms with van der Waals surface area (Å²) < 4.78 is 0. The number of benzene rings is 2. The van der Waals surface area contributed by atoms with Crippen LogP contribution in [0.4, 0.5) is 11.4 Å². The zero-order valence-electron chi connectivity index (χ0n) is 19.6. The number of piperazine rings is 1. The van der Waals surface area contributed by atoms with Gasteiger partial charge in [-0.15, -0.1) is 0 Å². The van der Waals surface area contributed by atoms with Crippen LogP contribution in [-0.4, -0.2) is 48.0 Å². The standard InChI is InChI=1S/C25H31ClN4O2S/c1-5-21(31)29-13-15-30(16-14-29)22-19(26)7-6-8-20(22)27-24(33)28-23(32)17-9-11-18(12-10-17)25(2,3)4/h6-12H,5,13-16H2,1-4H3,(H2,27,28,32,33). The van der Waals surface area contributed by atoms with Crippen LogP contribution >= 0.6 is 23.8 Å². The molecule has 1 fully saturated rings. The van der Waals surface area contributed by atoms with E-state index in [0.29, 0.717) is 48.9 Å². The van der Waals surface area contributed by atoms with Gasteiger partial charge in [0.2, 0.25) is 5.91 Å². The van der Waals surface area contributed by atoms with Crippen molar-refractivity contribution in [1.29, 1.82) is 0 Å². The van der Waals surface area contributed by atoms with E-state index >= 15 is 0 Å². The van der Waals surface area contributed by atoms with Crippen molar-refractivity contribution >= 4 is 52.1 Å². The predicted octanol–water partition coefficient (Wildman–Crippen LogP) is 4.82. The maximum atomic E-state index is 12.7. The second-order valence-corrected chi connectivity index (χ2v) is 9.91. The summed E-state index contributed by atoms with van der Waals surface area (Å²) in [5.41, 5.74) is 3.24. The van der Waals surface area contributed by atoms with Crippen molar-refractivity contribution in [3.05, 3.63) is 58.6 Å². The molecule has 0 aliphatic carbocycles. The largest absolute Gasteiger partial charge is 0.365 e. The van der Waals surface area contributed by atoms with Crippen molar-refractivity contribution in [2.45, 2.75) is 39.5 Å². The lowest BCUT2D eigenvalue weighted by Gasteiger charge is -2.37. The minimum absolute atomic E-state index is 0.0180. The number of anilines is 2. The lowest BCUT2D eigenvalue weighted by molar-refractivity contribution is -0.131. The van der Waals surface area contributed by atoms with Crippen LogP contribution in [0.15, 0.2) is 42.5 Å². The number of hydrogen-bond donors (Lipinski definition) is 2. The molecule has 0 spiro atoms. The van der Waals surface area contributed by atoms with E-state index in [2.05, 4.69) is 36.3 Å². The number of nitrogens with one attached hydrogen (secondary N) is 2. The smallest absolute Gasteiger partial charge is 0.257 e. The molecule has 0 unspecified atom stereocenters. The number of para-hydroxylation sites is 1. The van der Waals surface area contributed by atoms with Gasteiger partial charge >= 0.3 is 0 Å². The molecule has 1 aliphatic rings. The van der Waals surface area contributed by atoms with Crippen molar-refractivity contribution in [3.8, 4) is 0 Å². The SMILES string of the molecule is CCC(=O)N1CCN(c2c(Cl)cccc2NC(=S)NC(=O)c2ccc(C(C)(C)C)cc2)CC1. The average Bonchev–Trinajstić information content (AvgIpc) is 2.78. The summed E-state index contributed by atoms with van der Waals surface area (Å²) >= 11 is 11.9. The van der Waals surface area contributed by atoms with E-state index in [-0.39, 0.29) is 22.3 Å². The highest BCUT2D eigenvalue weighted by Crippen LogP contribution is 2.34. The van der Waals surface area contributed by atoms with Gasteiger partial charge in [-0.1, -0.05) is 57.5 Å². The normalized spacial score (nSPS) is 14.1. The minimum atomic E-state index is -0.275. The van der Waals surface area contributed by atoms with Gasteiger partial charge in [0.25, 0.3) is 5.91 Å². The monoisotopic (exact) mass is 486 g/mol. The second-order valence-electron chi connectivity index (χ2n) is 9.09. The number of rotatable bonds is 4. The van der Waals surface area contributed by atoms with Gasteiger partial charge in [0.05, 0.1) is 16.4 Å². The van der Waals surface area contributed by atoms with Gasteiger partial charge in [-0.3, -0.25) is 14.9 Å². The molecular weight excluding hydrogens is 456 g/mol. The lowest BCUT2D eigenvalue weighted by atomic mass is 9.87. The van der Waals surface area contributed by atoms with Crippen LogP contribution < -0.4 is 15.5 Å². The molecule has 0 aromatic heterocycles. The third kappa shape index (κ3) is 6.24. The molecule has 3 rings (SSSR count). The van der Waals surface area contributed by atoms with E-state index in [9.17, 15) is 9.59 Å². The molecule has 0 atom stereocenters. The highest BCUT2D eigenvalue weighted by Gasteiger charge is 2.24. The topological polar surface area (TPSA) is 64.7 Å². The summed E-state index contributed by atoms with van der Waals surface area (Å²) in [6.07, 6.45) is 0.506. The summed E-state index contributed by atoms with van der Waals surface area (Å²) in [5.74, 6) is -0.116. The van der Waals surface area contributed by atoms with Gasteiger partial charge in [0.15, 0.2) is 5.11 Å². The number of halogens is 1. The van der Waals surface area contributed by atoms with E-state index in [1.165, 1.54) is 0 Å². The molecule has 2 aromatic carbocycles. The number of amides is 2. The molecule has 33 heavy (non-hydrogen) atoms. The lowest BCUT2D eigenvalue weighted by Crippen LogP contribution is -2.49. The number of carbonyl (C=O) groups is 2. The molecular formula is C25H31ClN4O2S. The van der Waals surface area contributed by atoms with E-state index < -0.39 is 0 Å². The Morgan fingerprint density at radius 1 is 1.03 bits per heavy atom. The van der Waals surface area contributed by atoms with Crippen LogP contribution in [0.3, 0.4) is 0 Å². The Bertz CT molecular complexity index is 1030. The predicted molar refractivity (Wildman–Crippen MR) is 139 cm³/mol. The van der Waals surface area contributed by atoms with Crippen LogP contribution in [0, 0.1) is 0 Å². The highest BCUT2D eigenvalue weighted by atomic mass is 35.5. The van der Waals surface area contributed by atoms with Crippen LogP contribution in [0.25, 0.3) is 0 Å². The summed E-state index contributed by atoms with van der Waals surface area (Å²) in [5, 5.41) is 6.65. The first kappa shape index (κ1) is 25.0. The molecule has 0 bridgehead atoms. The number of nitrogens with zero attached hydrogens (tertiary/aromatic N) is 2. The maximum Gasteiger partial charge on any atom is 0.257 e. The Hall–Kier alpha value is -2.64. The average molecular weight is 487 g/mol. The van der Waals surface area contributed by atoms with Crippen LogP contribution in [0.1, 0.15) is 50.0 Å². The van der Waals surface area contributed by atoms with Crippen molar-refractivity contribution < 1.29 is 9.59 Å². The van der Waals surface area contributed by atoms with Gasteiger partial charge in [-0.05, 0) is 47.5 Å². The molecule has 6 nitrogen and oxygen atoms in total. The van der Waals surface area contributed by atoms with Crippen LogP contribution in [-0.2, 0) is 10.2 Å². The number of hydrogen-bond acceptors (Lipinski definition) is 4. The molecule has 0 radical (unpaired) electrons. The molecule has 1 heterocycles. The Balaban J connectivity index is 1.67. The van der Waals surface area contributed by atoms with Crippen molar-refractivity contribution in [1.82, 2.24) is 10.2 Å². The molecule has 176 valence electrons. The molecule has 2 N–H and O–H groups in total. The Morgan fingerprint density at radius 3 is 2.24 bits per heavy atom. The third-order valence-electron chi connectivity index (χ3n) is 5.73. The van der Waals surface area contributed by atoms with E-state index in [4.69, 9.17) is 23.8 Å². The van der Waals surface area contributed by atoms with Crippen molar-refractivity contribution in [2.75, 3.05) is 36.4 Å². The Kier molecular flexibility index (Phi) is 7.97. The van der Waals surface area contributed by atoms with Gasteiger partial charge in [0.1, 0.15) is 0 Å². The number of thiocarbonyl (C=S) groups is 1. The molecule has 1 aliphatic heterocycles. The van der Waals surface area contributed by atoms with Crippen molar-refractivity contribution in [3.63, 3.8) is 0 Å². The first-order valence-electron chi connectivity index (χ1n) is 11.1. The molecule has 1 saturated heterocycles. The Labute approximate surface area is 206 Å². The van der Waals surface area contributed by atoms with Crippen molar-refractivity contribution in [2.24, 2.45) is 0 Å². The van der Waals surface area contributed by atoms with E-state index in [0.717, 1.165) is 11.3 Å². The highest BCUT2D eigenvalue weighted by molar-refractivity contribution is 7.80. The van der Waals surface area contributed by atoms with Crippen LogP contribution in [0.2, 0.25) is 5.02 Å². The molecule has 8 heteroatoms. The fourth-order valence-electron chi connectivity index (χ4n) is 3.79.